The number of amides is 2. The first-order valence-electron chi connectivity index (χ1n) is 8.73. The van der Waals surface area contributed by atoms with E-state index in [1.807, 2.05) is 20.8 Å². The monoisotopic (exact) mass is 368 g/mol. The van der Waals surface area contributed by atoms with E-state index in [0.29, 0.717) is 0 Å². The van der Waals surface area contributed by atoms with Crippen LogP contribution in [0.25, 0.3) is 0 Å². The molecule has 1 aliphatic heterocycles. The SMILES string of the molecule is C=CCC1(C(=O)O)CN(C(=O)OC(C)(C)C)CC1(C)C(=O)NC(C)(C)C. The molecule has 26 heavy (non-hydrogen) atoms. The molecule has 2 amide bonds. The van der Waals surface area contributed by atoms with E-state index in [2.05, 4.69) is 11.9 Å². The summed E-state index contributed by atoms with van der Waals surface area (Å²) in [7, 11) is 0. The molecule has 0 bridgehead atoms. The van der Waals surface area contributed by atoms with Crippen molar-refractivity contribution in [2.24, 2.45) is 10.8 Å². The smallest absolute Gasteiger partial charge is 0.410 e. The van der Waals surface area contributed by atoms with Gasteiger partial charge in [0.15, 0.2) is 0 Å². The molecule has 0 aromatic carbocycles. The fraction of sp³-hybridized carbons (Fsp3) is 0.737. The van der Waals surface area contributed by atoms with Crippen molar-refractivity contribution in [2.75, 3.05) is 13.1 Å². The minimum Gasteiger partial charge on any atom is -0.481 e. The number of carboxylic acid groups (broad SMARTS) is 1. The van der Waals surface area contributed by atoms with Crippen LogP contribution in [-0.2, 0) is 14.3 Å². The summed E-state index contributed by atoms with van der Waals surface area (Å²) in [6.45, 7) is 15.8. The third-order valence-electron chi connectivity index (χ3n) is 4.57. The largest absolute Gasteiger partial charge is 0.481 e. The summed E-state index contributed by atoms with van der Waals surface area (Å²) < 4.78 is 5.38. The summed E-state index contributed by atoms with van der Waals surface area (Å²) in [6.07, 6.45) is 0.921. The molecule has 2 atom stereocenters. The molecule has 0 saturated carbocycles. The first-order chi connectivity index (χ1) is 11.6. The number of aliphatic carboxylic acids is 1. The Kier molecular flexibility index (Phi) is 5.86. The summed E-state index contributed by atoms with van der Waals surface area (Å²) in [6, 6.07) is 0. The van der Waals surface area contributed by atoms with Gasteiger partial charge in [0.2, 0.25) is 5.91 Å². The van der Waals surface area contributed by atoms with Crippen LogP contribution in [-0.4, -0.2) is 52.2 Å². The van der Waals surface area contributed by atoms with Crippen molar-refractivity contribution in [3.05, 3.63) is 12.7 Å². The number of hydrogen-bond donors (Lipinski definition) is 2. The highest BCUT2D eigenvalue weighted by Crippen LogP contribution is 2.50. The molecule has 0 aromatic rings. The molecule has 7 heteroatoms. The van der Waals surface area contributed by atoms with Crippen LogP contribution in [0.4, 0.5) is 4.79 Å². The van der Waals surface area contributed by atoms with Crippen LogP contribution in [0.1, 0.15) is 54.9 Å². The first-order valence-corrected chi connectivity index (χ1v) is 8.73. The Hall–Kier alpha value is -2.05. The molecule has 148 valence electrons. The molecule has 0 spiro atoms. The second kappa shape index (κ2) is 6.93. The summed E-state index contributed by atoms with van der Waals surface area (Å²) in [5, 5.41) is 12.9. The van der Waals surface area contributed by atoms with E-state index in [1.165, 1.54) is 11.0 Å². The third kappa shape index (κ3) is 4.37. The van der Waals surface area contributed by atoms with Crippen LogP contribution in [0.5, 0.6) is 0 Å². The first kappa shape index (κ1) is 22.0. The fourth-order valence-corrected chi connectivity index (χ4v) is 3.24. The van der Waals surface area contributed by atoms with Gasteiger partial charge in [-0.1, -0.05) is 6.08 Å². The lowest BCUT2D eigenvalue weighted by molar-refractivity contribution is -0.160. The number of hydrogen-bond acceptors (Lipinski definition) is 4. The lowest BCUT2D eigenvalue weighted by Gasteiger charge is -2.38. The standard InChI is InChI=1S/C19H32N2O5/c1-9-10-19(14(23)24)12-21(15(25)26-17(5,6)7)11-18(19,8)13(22)20-16(2,3)4/h9H,1,10-12H2,2-8H3,(H,20,22)(H,23,24). The highest BCUT2D eigenvalue weighted by atomic mass is 16.6. The molecule has 1 heterocycles. The van der Waals surface area contributed by atoms with Crippen molar-refractivity contribution in [1.29, 1.82) is 0 Å². The van der Waals surface area contributed by atoms with Gasteiger partial charge in [0.1, 0.15) is 11.0 Å². The maximum absolute atomic E-state index is 13.0. The number of nitrogens with zero attached hydrogens (tertiary/aromatic N) is 1. The van der Waals surface area contributed by atoms with E-state index >= 15 is 0 Å². The number of carbonyl (C=O) groups excluding carboxylic acids is 2. The van der Waals surface area contributed by atoms with Crippen molar-refractivity contribution in [2.45, 2.75) is 66.0 Å². The maximum Gasteiger partial charge on any atom is 0.410 e. The van der Waals surface area contributed by atoms with Crippen LogP contribution in [0.2, 0.25) is 0 Å². The van der Waals surface area contributed by atoms with E-state index in [9.17, 15) is 19.5 Å². The van der Waals surface area contributed by atoms with Crippen molar-refractivity contribution in [3.8, 4) is 0 Å². The fourth-order valence-electron chi connectivity index (χ4n) is 3.24. The molecule has 1 fully saturated rings. The molecule has 7 nitrogen and oxygen atoms in total. The Bertz CT molecular complexity index is 602. The van der Waals surface area contributed by atoms with Crippen molar-refractivity contribution < 1.29 is 24.2 Å². The van der Waals surface area contributed by atoms with Gasteiger partial charge in [-0.15, -0.1) is 6.58 Å². The van der Waals surface area contributed by atoms with Crippen LogP contribution < -0.4 is 5.32 Å². The number of nitrogens with one attached hydrogen (secondary N) is 1. The Morgan fingerprint density at radius 3 is 2.12 bits per heavy atom. The average Bonchev–Trinajstić information content (AvgIpc) is 2.71. The lowest BCUT2D eigenvalue weighted by atomic mass is 9.64. The summed E-state index contributed by atoms with van der Waals surface area (Å²) in [5.74, 6) is -1.53. The normalized spacial score (nSPS) is 26.3. The highest BCUT2D eigenvalue weighted by Gasteiger charge is 2.64. The second-order valence-corrected chi connectivity index (χ2v) is 9.25. The number of carboxylic acids is 1. The Labute approximate surface area is 155 Å². The van der Waals surface area contributed by atoms with E-state index in [4.69, 9.17) is 4.74 Å². The van der Waals surface area contributed by atoms with E-state index in [0.717, 1.165) is 0 Å². The molecule has 0 aromatic heterocycles. The molecule has 0 aliphatic carbocycles. The molecule has 1 saturated heterocycles. The molecular weight excluding hydrogens is 336 g/mol. The lowest BCUT2D eigenvalue weighted by Crippen LogP contribution is -2.57. The van der Waals surface area contributed by atoms with Gasteiger partial charge in [0, 0.05) is 18.6 Å². The number of allylic oxidation sites excluding steroid dienone is 1. The Morgan fingerprint density at radius 1 is 1.19 bits per heavy atom. The van der Waals surface area contributed by atoms with E-state index in [-0.39, 0.29) is 19.5 Å². The van der Waals surface area contributed by atoms with Gasteiger partial charge in [-0.2, -0.15) is 0 Å². The molecular formula is C19H32N2O5. The zero-order chi connectivity index (χ0) is 20.6. The van der Waals surface area contributed by atoms with E-state index in [1.54, 1.807) is 27.7 Å². The predicted octanol–water partition coefficient (Wildman–Crippen LogP) is 2.81. The van der Waals surface area contributed by atoms with Crippen LogP contribution in [0, 0.1) is 10.8 Å². The highest BCUT2D eigenvalue weighted by molar-refractivity contribution is 5.93. The topological polar surface area (TPSA) is 95.9 Å². The summed E-state index contributed by atoms with van der Waals surface area (Å²) in [5.41, 5.74) is -4.04. The molecule has 0 radical (unpaired) electrons. The molecule has 2 N–H and O–H groups in total. The minimum atomic E-state index is -1.47. The van der Waals surface area contributed by atoms with Crippen LogP contribution >= 0.6 is 0 Å². The molecule has 1 aliphatic rings. The van der Waals surface area contributed by atoms with Gasteiger partial charge < -0.3 is 20.1 Å². The van der Waals surface area contributed by atoms with Crippen LogP contribution in [0.3, 0.4) is 0 Å². The number of likely N-dealkylation sites (tertiary alicyclic amines) is 1. The van der Waals surface area contributed by atoms with Crippen molar-refractivity contribution >= 4 is 18.0 Å². The minimum absolute atomic E-state index is 0.0377. The number of ether oxygens (including phenoxy) is 1. The third-order valence-corrected chi connectivity index (χ3v) is 4.57. The van der Waals surface area contributed by atoms with Gasteiger partial charge in [-0.25, -0.2) is 4.79 Å². The van der Waals surface area contributed by atoms with Crippen LogP contribution in [0.15, 0.2) is 12.7 Å². The van der Waals surface area contributed by atoms with E-state index < -0.39 is 39.9 Å². The van der Waals surface area contributed by atoms with Gasteiger partial charge in [0.05, 0.1) is 5.41 Å². The maximum atomic E-state index is 13.0. The Balaban J connectivity index is 3.34. The molecule has 2 unspecified atom stereocenters. The quantitative estimate of drug-likeness (QED) is 0.744. The van der Waals surface area contributed by atoms with Crippen molar-refractivity contribution in [1.82, 2.24) is 10.2 Å². The summed E-state index contributed by atoms with van der Waals surface area (Å²) in [4.78, 5) is 39.1. The second-order valence-electron chi connectivity index (χ2n) is 9.25. The number of carbonyl (C=O) groups is 3. The number of rotatable bonds is 4. The van der Waals surface area contributed by atoms with Crippen molar-refractivity contribution in [3.63, 3.8) is 0 Å². The van der Waals surface area contributed by atoms with Gasteiger partial charge in [0.25, 0.3) is 0 Å². The van der Waals surface area contributed by atoms with Gasteiger partial charge in [-0.3, -0.25) is 9.59 Å². The average molecular weight is 368 g/mol. The van der Waals surface area contributed by atoms with Gasteiger partial charge in [-0.05, 0) is 54.9 Å². The Morgan fingerprint density at radius 2 is 1.73 bits per heavy atom. The summed E-state index contributed by atoms with van der Waals surface area (Å²) >= 11 is 0. The zero-order valence-corrected chi connectivity index (χ0v) is 16.9. The van der Waals surface area contributed by atoms with Gasteiger partial charge >= 0.3 is 12.1 Å². The zero-order valence-electron chi connectivity index (χ0n) is 16.9. The molecule has 1 rings (SSSR count). The predicted molar refractivity (Wildman–Crippen MR) is 98.7 cm³/mol.